The van der Waals surface area contributed by atoms with Crippen LogP contribution in [-0.4, -0.2) is 50.4 Å². The highest BCUT2D eigenvalue weighted by atomic mass is 32.2. The average Bonchev–Trinajstić information content (AvgIpc) is 2.69. The van der Waals surface area contributed by atoms with Crippen molar-refractivity contribution in [1.82, 2.24) is 4.90 Å². The third-order valence-corrected chi connectivity index (χ3v) is 7.13. The van der Waals surface area contributed by atoms with Gasteiger partial charge >= 0.3 is 0 Å². The van der Waals surface area contributed by atoms with E-state index in [2.05, 4.69) is 0 Å². The lowest BCUT2D eigenvalue weighted by molar-refractivity contribution is -0.124. The molecule has 28 heavy (non-hydrogen) atoms. The average molecular weight is 402 g/mol. The Kier molecular flexibility index (Phi) is 5.21. The summed E-state index contributed by atoms with van der Waals surface area (Å²) >= 11 is 0. The predicted molar refractivity (Wildman–Crippen MR) is 106 cm³/mol. The van der Waals surface area contributed by atoms with Gasteiger partial charge in [0.05, 0.1) is 11.5 Å². The van der Waals surface area contributed by atoms with Crippen molar-refractivity contribution in [3.63, 3.8) is 0 Å². The highest BCUT2D eigenvalue weighted by Crippen LogP contribution is 2.33. The van der Waals surface area contributed by atoms with E-state index in [0.29, 0.717) is 25.3 Å². The van der Waals surface area contributed by atoms with E-state index in [1.807, 2.05) is 35.2 Å². The number of carbonyl (C=O) groups is 1. The predicted octanol–water partition coefficient (Wildman–Crippen LogP) is 2.58. The van der Waals surface area contributed by atoms with Crippen molar-refractivity contribution in [2.24, 2.45) is 0 Å². The minimum absolute atomic E-state index is 0.0504. The fourth-order valence-electron chi connectivity index (χ4n) is 4.05. The molecule has 0 aromatic heterocycles. The molecule has 1 atom stereocenters. The van der Waals surface area contributed by atoms with Crippen LogP contribution in [0.15, 0.2) is 48.5 Å². The zero-order valence-electron chi connectivity index (χ0n) is 15.6. The third kappa shape index (κ3) is 3.82. The maximum absolute atomic E-state index is 13.9. The van der Waals surface area contributed by atoms with E-state index in [4.69, 9.17) is 0 Å². The lowest BCUT2D eigenvalue weighted by Gasteiger charge is -2.38. The zero-order chi connectivity index (χ0) is 19.7. The summed E-state index contributed by atoms with van der Waals surface area (Å²) in [7, 11) is -3.05. The molecule has 1 amide bonds. The molecule has 0 N–H and O–H groups in total. The van der Waals surface area contributed by atoms with Crippen LogP contribution in [0.5, 0.6) is 0 Å². The lowest BCUT2D eigenvalue weighted by Crippen LogP contribution is -2.49. The summed E-state index contributed by atoms with van der Waals surface area (Å²) in [6.45, 7) is 1.17. The molecule has 7 heteroatoms. The largest absolute Gasteiger partial charge is 0.310 e. The summed E-state index contributed by atoms with van der Waals surface area (Å²) in [4.78, 5) is 17.3. The van der Waals surface area contributed by atoms with Crippen molar-refractivity contribution in [2.45, 2.75) is 18.9 Å². The molecule has 2 heterocycles. The van der Waals surface area contributed by atoms with E-state index in [0.717, 1.165) is 24.0 Å². The van der Waals surface area contributed by atoms with Crippen molar-refractivity contribution in [3.05, 3.63) is 65.5 Å². The smallest absolute Gasteiger partial charge is 0.248 e. The number of hydrogen-bond acceptors (Lipinski definition) is 4. The molecule has 0 spiro atoms. The van der Waals surface area contributed by atoms with Gasteiger partial charge in [-0.15, -0.1) is 0 Å². The van der Waals surface area contributed by atoms with Crippen LogP contribution in [0.4, 0.5) is 10.1 Å². The van der Waals surface area contributed by atoms with Gasteiger partial charge in [-0.25, -0.2) is 12.8 Å². The first-order valence-corrected chi connectivity index (χ1v) is 11.4. The van der Waals surface area contributed by atoms with Crippen LogP contribution in [0, 0.1) is 5.82 Å². The molecule has 2 aliphatic heterocycles. The molecule has 2 aromatic rings. The molecular weight excluding hydrogens is 379 g/mol. The second-order valence-corrected chi connectivity index (χ2v) is 9.67. The summed E-state index contributed by atoms with van der Waals surface area (Å²) in [6.07, 6.45) is 1.64. The maximum Gasteiger partial charge on any atom is 0.248 e. The number of benzene rings is 2. The van der Waals surface area contributed by atoms with Crippen LogP contribution in [-0.2, 0) is 21.1 Å². The van der Waals surface area contributed by atoms with Crippen LogP contribution >= 0.6 is 0 Å². The van der Waals surface area contributed by atoms with Crippen molar-refractivity contribution in [1.29, 1.82) is 0 Å². The zero-order valence-corrected chi connectivity index (χ0v) is 16.4. The molecular formula is C21H23FN2O3S. The minimum Gasteiger partial charge on any atom is -0.310 e. The number of rotatable bonds is 3. The monoisotopic (exact) mass is 402 g/mol. The Morgan fingerprint density at radius 1 is 1.00 bits per heavy atom. The number of anilines is 1. The number of carbonyl (C=O) groups excluding carboxylic acids is 1. The van der Waals surface area contributed by atoms with Crippen LogP contribution in [0.2, 0.25) is 0 Å². The molecule has 1 unspecified atom stereocenters. The van der Waals surface area contributed by atoms with Gasteiger partial charge in [-0.2, -0.15) is 0 Å². The van der Waals surface area contributed by atoms with Crippen molar-refractivity contribution in [3.8, 4) is 0 Å². The summed E-state index contributed by atoms with van der Waals surface area (Å²) in [5.74, 6) is -0.389. The van der Waals surface area contributed by atoms with Gasteiger partial charge in [-0.1, -0.05) is 36.4 Å². The van der Waals surface area contributed by atoms with E-state index < -0.39 is 15.9 Å². The molecule has 0 bridgehead atoms. The van der Waals surface area contributed by atoms with Crippen molar-refractivity contribution in [2.75, 3.05) is 36.0 Å². The van der Waals surface area contributed by atoms with Crippen molar-refractivity contribution < 1.29 is 17.6 Å². The van der Waals surface area contributed by atoms with E-state index in [9.17, 15) is 17.6 Å². The first-order chi connectivity index (χ1) is 13.4. The molecule has 0 aliphatic carbocycles. The molecule has 4 rings (SSSR count). The second kappa shape index (κ2) is 7.64. The lowest BCUT2D eigenvalue weighted by atomic mass is 9.98. The molecule has 148 valence electrons. The number of halogens is 1. The Balaban J connectivity index is 1.70. The summed E-state index contributed by atoms with van der Waals surface area (Å²) in [5, 5.41) is 0. The Bertz CT molecular complexity index is 964. The maximum atomic E-state index is 13.9. The summed E-state index contributed by atoms with van der Waals surface area (Å²) in [5.41, 5.74) is 2.42. The fourth-order valence-corrected chi connectivity index (χ4v) is 5.28. The SMILES string of the molecule is O=C(C(c1ccccc1)N1CCS(=O)(=O)CC1)N1CCCc2ccc(F)cc21. The number of nitrogens with zero attached hydrogens (tertiary/aromatic N) is 2. The Labute approximate surface area is 164 Å². The Morgan fingerprint density at radius 3 is 2.43 bits per heavy atom. The van der Waals surface area contributed by atoms with Gasteiger partial charge in [0.15, 0.2) is 9.84 Å². The number of fused-ring (bicyclic) bond motifs is 1. The summed E-state index contributed by atoms with van der Waals surface area (Å²) in [6, 6.07) is 13.4. The molecule has 1 fully saturated rings. The van der Waals surface area contributed by atoms with Gasteiger partial charge < -0.3 is 4.90 Å². The quantitative estimate of drug-likeness (QED) is 0.792. The first-order valence-electron chi connectivity index (χ1n) is 9.54. The molecule has 0 saturated carbocycles. The fraction of sp³-hybridized carbons (Fsp3) is 0.381. The Morgan fingerprint density at radius 2 is 1.71 bits per heavy atom. The number of amides is 1. The highest BCUT2D eigenvalue weighted by molar-refractivity contribution is 7.91. The normalized spacial score (nSPS) is 20.4. The van der Waals surface area contributed by atoms with Gasteiger partial charge in [0.2, 0.25) is 5.91 Å². The first kappa shape index (κ1) is 19.1. The topological polar surface area (TPSA) is 57.7 Å². The van der Waals surface area contributed by atoms with Crippen molar-refractivity contribution >= 4 is 21.4 Å². The molecule has 2 aliphatic rings. The van der Waals surface area contributed by atoms with E-state index in [1.54, 1.807) is 11.0 Å². The third-order valence-electron chi connectivity index (χ3n) is 5.53. The molecule has 2 aromatic carbocycles. The van der Waals surface area contributed by atoms with E-state index in [-0.39, 0.29) is 23.2 Å². The molecule has 0 radical (unpaired) electrons. The molecule has 5 nitrogen and oxygen atoms in total. The van der Waals surface area contributed by atoms with E-state index in [1.165, 1.54) is 12.1 Å². The highest BCUT2D eigenvalue weighted by Gasteiger charge is 2.36. The standard InChI is InChI=1S/C21H23FN2O3S/c22-18-9-8-16-7-4-10-24(19(16)15-18)21(25)20(17-5-2-1-3-6-17)23-11-13-28(26,27)14-12-23/h1-3,5-6,8-9,15,20H,4,7,10-14H2. The summed E-state index contributed by atoms with van der Waals surface area (Å²) < 4.78 is 37.6. The van der Waals surface area contributed by atoms with Gasteiger partial charge in [0, 0.05) is 25.3 Å². The van der Waals surface area contributed by atoms with Crippen LogP contribution in [0.3, 0.4) is 0 Å². The van der Waals surface area contributed by atoms with Gasteiger partial charge in [-0.05, 0) is 36.1 Å². The van der Waals surface area contributed by atoms with Crippen LogP contribution in [0.1, 0.15) is 23.6 Å². The number of aryl methyl sites for hydroxylation is 1. The minimum atomic E-state index is -3.05. The van der Waals surface area contributed by atoms with Crippen LogP contribution < -0.4 is 4.90 Å². The van der Waals surface area contributed by atoms with Gasteiger partial charge in [-0.3, -0.25) is 9.69 Å². The van der Waals surface area contributed by atoms with Crippen LogP contribution in [0.25, 0.3) is 0 Å². The number of sulfone groups is 1. The molecule has 1 saturated heterocycles. The van der Waals surface area contributed by atoms with Gasteiger partial charge in [0.1, 0.15) is 11.9 Å². The van der Waals surface area contributed by atoms with E-state index >= 15 is 0 Å². The van der Waals surface area contributed by atoms with Gasteiger partial charge in [0.25, 0.3) is 0 Å². The number of hydrogen-bond donors (Lipinski definition) is 0. The second-order valence-electron chi connectivity index (χ2n) is 7.37. The Hall–Kier alpha value is -2.25.